The molecule has 1 aromatic rings. The maximum Gasteiger partial charge on any atom is 0.0959 e. The number of nitrogens with zero attached hydrogens (tertiary/aromatic N) is 1. The molecule has 1 heterocycles. The summed E-state index contributed by atoms with van der Waals surface area (Å²) in [5.74, 6) is 1.77. The van der Waals surface area contributed by atoms with Crippen LogP contribution < -0.4 is 0 Å². The summed E-state index contributed by atoms with van der Waals surface area (Å²) in [6.07, 6.45) is 9.32. The molecule has 16 heavy (non-hydrogen) atoms. The number of rotatable bonds is 4. The summed E-state index contributed by atoms with van der Waals surface area (Å²) in [5, 5.41) is 3.68. The fourth-order valence-corrected chi connectivity index (χ4v) is 3.72. The smallest absolute Gasteiger partial charge is 0.0959 e. The monoisotopic (exact) mass is 237 g/mol. The van der Waals surface area contributed by atoms with E-state index in [1.165, 1.54) is 49.2 Å². The Balaban J connectivity index is 1.92. The van der Waals surface area contributed by atoms with Crippen LogP contribution in [0.2, 0.25) is 0 Å². The van der Waals surface area contributed by atoms with Crippen molar-refractivity contribution in [2.45, 2.75) is 64.7 Å². The highest BCUT2D eigenvalue weighted by atomic mass is 32.1. The molecule has 0 atom stereocenters. The molecule has 0 aliphatic heterocycles. The molecule has 1 aliphatic carbocycles. The van der Waals surface area contributed by atoms with E-state index in [9.17, 15) is 0 Å². The van der Waals surface area contributed by atoms with Gasteiger partial charge < -0.3 is 0 Å². The van der Waals surface area contributed by atoms with Gasteiger partial charge in [0.2, 0.25) is 0 Å². The van der Waals surface area contributed by atoms with Crippen molar-refractivity contribution in [2.24, 2.45) is 5.92 Å². The lowest BCUT2D eigenvalue weighted by Gasteiger charge is -2.26. The van der Waals surface area contributed by atoms with Crippen LogP contribution in [0.5, 0.6) is 0 Å². The molecule has 0 radical (unpaired) electrons. The van der Waals surface area contributed by atoms with E-state index in [0.717, 1.165) is 18.3 Å². The van der Waals surface area contributed by atoms with E-state index in [-0.39, 0.29) is 0 Å². The van der Waals surface area contributed by atoms with Gasteiger partial charge in [-0.15, -0.1) is 11.3 Å². The molecule has 0 unspecified atom stereocenters. The quantitative estimate of drug-likeness (QED) is 0.734. The van der Waals surface area contributed by atoms with E-state index < -0.39 is 0 Å². The number of hydrogen-bond donors (Lipinski definition) is 0. The molecule has 0 saturated heterocycles. The third-order valence-electron chi connectivity index (χ3n) is 3.85. The lowest BCUT2D eigenvalue weighted by molar-refractivity contribution is 0.318. The lowest BCUT2D eigenvalue weighted by atomic mass is 9.81. The first-order valence-electron chi connectivity index (χ1n) is 6.77. The largest absolute Gasteiger partial charge is 0.246 e. The van der Waals surface area contributed by atoms with Crippen LogP contribution in [0.1, 0.15) is 69.0 Å². The van der Waals surface area contributed by atoms with Crippen molar-refractivity contribution in [3.8, 4) is 0 Å². The molecule has 2 heteroatoms. The van der Waals surface area contributed by atoms with Crippen molar-refractivity contribution in [3.63, 3.8) is 0 Å². The van der Waals surface area contributed by atoms with E-state index in [2.05, 4.69) is 19.2 Å². The van der Waals surface area contributed by atoms with Crippen molar-refractivity contribution in [3.05, 3.63) is 16.1 Å². The summed E-state index contributed by atoms with van der Waals surface area (Å²) in [6.45, 7) is 4.55. The molecule has 2 rings (SSSR count). The van der Waals surface area contributed by atoms with Gasteiger partial charge in [0.1, 0.15) is 0 Å². The van der Waals surface area contributed by atoms with E-state index in [0.29, 0.717) is 0 Å². The summed E-state index contributed by atoms with van der Waals surface area (Å²) in [5.41, 5.74) is 1.32. The Bertz CT molecular complexity index is 310. The van der Waals surface area contributed by atoms with Gasteiger partial charge in [-0.05, 0) is 38.0 Å². The molecule has 90 valence electrons. The second-order valence-corrected chi connectivity index (χ2v) is 5.94. The average Bonchev–Trinajstić information content (AvgIpc) is 2.78. The highest BCUT2D eigenvalue weighted by Gasteiger charge is 2.23. The molecule has 1 aromatic heterocycles. The fourth-order valence-electron chi connectivity index (χ4n) is 2.70. The van der Waals surface area contributed by atoms with E-state index in [1.807, 2.05) is 11.3 Å². The van der Waals surface area contributed by atoms with Crippen LogP contribution in [0.25, 0.3) is 0 Å². The van der Waals surface area contributed by atoms with Crippen LogP contribution in [-0.4, -0.2) is 4.98 Å². The zero-order valence-electron chi connectivity index (χ0n) is 10.5. The Morgan fingerprint density at radius 2 is 2.00 bits per heavy atom. The molecule has 0 amide bonds. The van der Waals surface area contributed by atoms with E-state index in [1.54, 1.807) is 0 Å². The molecule has 0 spiro atoms. The predicted octanol–water partition coefficient (Wildman–Crippen LogP) is 4.78. The molecular weight excluding hydrogens is 214 g/mol. The van der Waals surface area contributed by atoms with Gasteiger partial charge in [-0.25, -0.2) is 4.98 Å². The average molecular weight is 237 g/mol. The molecule has 1 aliphatic rings. The van der Waals surface area contributed by atoms with Crippen LogP contribution in [0.3, 0.4) is 0 Å². The zero-order chi connectivity index (χ0) is 11.4. The minimum Gasteiger partial charge on any atom is -0.246 e. The summed E-state index contributed by atoms with van der Waals surface area (Å²) in [4.78, 5) is 4.79. The lowest BCUT2D eigenvalue weighted by Crippen LogP contribution is -2.12. The van der Waals surface area contributed by atoms with Crippen molar-refractivity contribution < 1.29 is 0 Å². The van der Waals surface area contributed by atoms with Gasteiger partial charge in [0.15, 0.2) is 0 Å². The standard InChI is InChI=1S/C14H23NS/c1-3-5-13-10-16-14(15-13)12-8-6-11(4-2)7-9-12/h10-12H,3-9H2,1-2H3. The van der Waals surface area contributed by atoms with Gasteiger partial charge in [0, 0.05) is 11.3 Å². The van der Waals surface area contributed by atoms with Crippen LogP contribution >= 0.6 is 11.3 Å². The summed E-state index contributed by atoms with van der Waals surface area (Å²) in [7, 11) is 0. The molecular formula is C14H23NS. The predicted molar refractivity (Wildman–Crippen MR) is 71.1 cm³/mol. The van der Waals surface area contributed by atoms with Gasteiger partial charge in [-0.2, -0.15) is 0 Å². The van der Waals surface area contributed by atoms with Gasteiger partial charge >= 0.3 is 0 Å². The first-order valence-corrected chi connectivity index (χ1v) is 7.65. The van der Waals surface area contributed by atoms with Crippen LogP contribution in [-0.2, 0) is 6.42 Å². The van der Waals surface area contributed by atoms with Gasteiger partial charge in [0.05, 0.1) is 10.7 Å². The Labute approximate surface area is 103 Å². The van der Waals surface area contributed by atoms with Crippen LogP contribution in [0.4, 0.5) is 0 Å². The fraction of sp³-hybridized carbons (Fsp3) is 0.786. The zero-order valence-corrected chi connectivity index (χ0v) is 11.4. The molecule has 0 N–H and O–H groups in total. The summed E-state index contributed by atoms with van der Waals surface area (Å²) >= 11 is 1.89. The Morgan fingerprint density at radius 3 is 2.62 bits per heavy atom. The molecule has 1 fully saturated rings. The van der Waals surface area contributed by atoms with Crippen molar-refractivity contribution in [1.82, 2.24) is 4.98 Å². The number of hydrogen-bond acceptors (Lipinski definition) is 2. The highest BCUT2D eigenvalue weighted by Crippen LogP contribution is 2.38. The maximum absolute atomic E-state index is 4.79. The Kier molecular flexibility index (Phi) is 4.39. The van der Waals surface area contributed by atoms with E-state index in [4.69, 9.17) is 4.98 Å². The summed E-state index contributed by atoms with van der Waals surface area (Å²) < 4.78 is 0. The Hall–Kier alpha value is -0.370. The first kappa shape index (κ1) is 12.1. The van der Waals surface area contributed by atoms with Crippen LogP contribution in [0.15, 0.2) is 5.38 Å². The maximum atomic E-state index is 4.79. The number of aryl methyl sites for hydroxylation is 1. The molecule has 0 aromatic carbocycles. The number of thiazole rings is 1. The highest BCUT2D eigenvalue weighted by molar-refractivity contribution is 7.09. The molecule has 0 bridgehead atoms. The Morgan fingerprint density at radius 1 is 1.25 bits per heavy atom. The third-order valence-corrected chi connectivity index (χ3v) is 4.91. The normalized spacial score (nSPS) is 25.9. The minimum atomic E-state index is 0.776. The van der Waals surface area contributed by atoms with E-state index >= 15 is 0 Å². The summed E-state index contributed by atoms with van der Waals surface area (Å²) in [6, 6.07) is 0. The number of aromatic nitrogens is 1. The van der Waals surface area contributed by atoms with Crippen LogP contribution in [0, 0.1) is 5.92 Å². The van der Waals surface area contributed by atoms with Crippen molar-refractivity contribution >= 4 is 11.3 Å². The third kappa shape index (κ3) is 2.85. The second kappa shape index (κ2) is 5.81. The van der Waals surface area contributed by atoms with Crippen molar-refractivity contribution in [1.29, 1.82) is 0 Å². The van der Waals surface area contributed by atoms with Crippen molar-refractivity contribution in [2.75, 3.05) is 0 Å². The second-order valence-electron chi connectivity index (χ2n) is 5.05. The molecule has 1 nitrogen and oxygen atoms in total. The minimum absolute atomic E-state index is 0.776. The van der Waals surface area contributed by atoms with Gasteiger partial charge in [-0.1, -0.05) is 26.7 Å². The van der Waals surface area contributed by atoms with Gasteiger partial charge in [-0.3, -0.25) is 0 Å². The SMILES string of the molecule is CCCc1csc(C2CCC(CC)CC2)n1. The van der Waals surface area contributed by atoms with Gasteiger partial charge in [0.25, 0.3) is 0 Å². The molecule has 1 saturated carbocycles. The topological polar surface area (TPSA) is 12.9 Å². The first-order chi connectivity index (χ1) is 7.83.